The van der Waals surface area contributed by atoms with Crippen LogP contribution >= 0.6 is 0 Å². The quantitative estimate of drug-likeness (QED) is 0.545. The van der Waals surface area contributed by atoms with Crippen LogP contribution < -0.4 is 0 Å². The van der Waals surface area contributed by atoms with Gasteiger partial charge < -0.3 is 0 Å². The maximum Gasteiger partial charge on any atom is 0.105 e. The molecule has 0 bridgehead atoms. The second-order valence-corrected chi connectivity index (χ2v) is 8.48. The molecule has 1 aliphatic carbocycles. The van der Waals surface area contributed by atoms with E-state index in [0.29, 0.717) is 5.41 Å². The highest BCUT2D eigenvalue weighted by Crippen LogP contribution is 2.51. The third-order valence-electron chi connectivity index (χ3n) is 5.96. The van der Waals surface area contributed by atoms with Crippen molar-refractivity contribution in [3.8, 4) is 0 Å². The Balaban J connectivity index is 2.59. The van der Waals surface area contributed by atoms with E-state index in [0.717, 1.165) is 29.5 Å². The highest BCUT2D eigenvalue weighted by molar-refractivity contribution is 6.11. The Bertz CT molecular complexity index is 256. The summed E-state index contributed by atoms with van der Waals surface area (Å²) in [6, 6.07) is 0. The molecule has 0 N–H and O–H groups in total. The molecule has 0 aliphatic heterocycles. The first-order chi connectivity index (χ1) is 8.77. The van der Waals surface area contributed by atoms with E-state index in [1.807, 2.05) is 0 Å². The monoisotopic (exact) mass is 264 g/mol. The first-order valence-corrected chi connectivity index (χ1v) is 8.77. The van der Waals surface area contributed by atoms with Gasteiger partial charge in [-0.2, -0.15) is 0 Å². The van der Waals surface area contributed by atoms with Crippen molar-refractivity contribution in [3.63, 3.8) is 0 Å². The summed E-state index contributed by atoms with van der Waals surface area (Å²) in [5, 5.41) is 0. The smallest absolute Gasteiger partial charge is 0.0692 e. The third kappa shape index (κ3) is 4.83. The first kappa shape index (κ1) is 17.1. The zero-order valence-electron chi connectivity index (χ0n) is 14.6. The molecule has 4 atom stereocenters. The van der Waals surface area contributed by atoms with E-state index < -0.39 is 0 Å². The molecule has 0 aromatic heterocycles. The predicted molar refractivity (Wildman–Crippen MR) is 90.4 cm³/mol. The average molecular weight is 264 g/mol. The Labute approximate surface area is 123 Å². The average Bonchev–Trinajstić information content (AvgIpc) is 2.68. The number of hydrogen-bond acceptors (Lipinski definition) is 0. The van der Waals surface area contributed by atoms with Crippen molar-refractivity contribution in [2.24, 2.45) is 29.1 Å². The van der Waals surface area contributed by atoms with Crippen molar-refractivity contribution in [3.05, 3.63) is 0 Å². The summed E-state index contributed by atoms with van der Waals surface area (Å²) in [7, 11) is 2.47. The van der Waals surface area contributed by atoms with Crippen molar-refractivity contribution < 1.29 is 0 Å². The van der Waals surface area contributed by atoms with Crippen LogP contribution in [0, 0.1) is 29.1 Å². The van der Waals surface area contributed by atoms with Crippen LogP contribution in [0.4, 0.5) is 0 Å². The Morgan fingerprint density at radius 1 is 1.16 bits per heavy atom. The van der Waals surface area contributed by atoms with Crippen molar-refractivity contribution in [2.75, 3.05) is 0 Å². The van der Waals surface area contributed by atoms with E-state index in [-0.39, 0.29) is 0 Å². The van der Waals surface area contributed by atoms with Crippen LogP contribution in [0.1, 0.15) is 80.1 Å². The van der Waals surface area contributed by atoms with Crippen molar-refractivity contribution in [2.45, 2.75) is 85.9 Å². The minimum atomic E-state index is 0.561. The van der Waals surface area contributed by atoms with Gasteiger partial charge in [0.25, 0.3) is 0 Å². The first-order valence-electron chi connectivity index (χ1n) is 8.77. The summed E-state index contributed by atoms with van der Waals surface area (Å²) >= 11 is 0. The van der Waals surface area contributed by atoms with E-state index in [9.17, 15) is 0 Å². The molecule has 0 aromatic carbocycles. The molecule has 19 heavy (non-hydrogen) atoms. The molecule has 0 saturated heterocycles. The molecular weight excluding hydrogens is 227 g/mol. The maximum atomic E-state index is 2.53. The SMILES string of the molecule is BC1CC(CCC(C)C(C)C)C(C(C)(C)CCC)C1. The second-order valence-electron chi connectivity index (χ2n) is 8.48. The molecule has 0 aromatic rings. The normalized spacial score (nSPS) is 29.9. The molecule has 1 rings (SSSR count). The third-order valence-corrected chi connectivity index (χ3v) is 5.96. The molecule has 1 fully saturated rings. The fraction of sp³-hybridized carbons (Fsp3) is 1.00. The second kappa shape index (κ2) is 7.18. The van der Waals surface area contributed by atoms with E-state index in [4.69, 9.17) is 0 Å². The molecule has 112 valence electrons. The lowest BCUT2D eigenvalue weighted by atomic mass is 9.69. The van der Waals surface area contributed by atoms with Crippen LogP contribution in [-0.4, -0.2) is 7.85 Å². The molecule has 0 amide bonds. The van der Waals surface area contributed by atoms with Crippen molar-refractivity contribution in [1.82, 2.24) is 0 Å². The predicted octanol–water partition coefficient (Wildman–Crippen LogP) is 5.33. The van der Waals surface area contributed by atoms with E-state index in [2.05, 4.69) is 49.4 Å². The number of rotatable bonds is 7. The molecule has 0 heterocycles. The molecule has 0 radical (unpaired) electrons. The van der Waals surface area contributed by atoms with Gasteiger partial charge in [-0.15, -0.1) is 0 Å². The summed E-state index contributed by atoms with van der Waals surface area (Å²) in [5.41, 5.74) is 0.561. The Morgan fingerprint density at radius 3 is 2.32 bits per heavy atom. The van der Waals surface area contributed by atoms with Crippen LogP contribution in [0.5, 0.6) is 0 Å². The van der Waals surface area contributed by atoms with Crippen molar-refractivity contribution in [1.29, 1.82) is 0 Å². The molecule has 1 heteroatoms. The summed E-state index contributed by atoms with van der Waals surface area (Å²) in [6.07, 6.45) is 8.62. The lowest BCUT2D eigenvalue weighted by Gasteiger charge is -2.36. The van der Waals surface area contributed by atoms with Gasteiger partial charge in [0, 0.05) is 0 Å². The van der Waals surface area contributed by atoms with Gasteiger partial charge in [0.15, 0.2) is 0 Å². The Morgan fingerprint density at radius 2 is 1.79 bits per heavy atom. The van der Waals surface area contributed by atoms with Gasteiger partial charge in [-0.05, 0) is 41.9 Å². The summed E-state index contributed by atoms with van der Waals surface area (Å²) in [5.74, 6) is 4.67. The van der Waals surface area contributed by atoms with Gasteiger partial charge in [-0.3, -0.25) is 0 Å². The molecule has 4 unspecified atom stereocenters. The summed E-state index contributed by atoms with van der Waals surface area (Å²) in [6.45, 7) is 14.6. The van der Waals surface area contributed by atoms with E-state index in [1.54, 1.807) is 0 Å². The Hall–Kier alpha value is 0.0649. The maximum absolute atomic E-state index is 2.53. The fourth-order valence-electron chi connectivity index (χ4n) is 4.32. The summed E-state index contributed by atoms with van der Waals surface area (Å²) < 4.78 is 0. The van der Waals surface area contributed by atoms with Gasteiger partial charge in [-0.1, -0.05) is 73.0 Å². The summed E-state index contributed by atoms with van der Waals surface area (Å²) in [4.78, 5) is 0. The molecular formula is C18H37B. The van der Waals surface area contributed by atoms with E-state index >= 15 is 0 Å². The zero-order valence-corrected chi connectivity index (χ0v) is 14.6. The van der Waals surface area contributed by atoms with E-state index in [1.165, 1.54) is 38.5 Å². The highest BCUT2D eigenvalue weighted by Gasteiger charge is 2.40. The zero-order chi connectivity index (χ0) is 14.6. The molecule has 1 saturated carbocycles. The Kier molecular flexibility index (Phi) is 6.47. The fourth-order valence-corrected chi connectivity index (χ4v) is 4.32. The highest BCUT2D eigenvalue weighted by atomic mass is 14.4. The van der Waals surface area contributed by atoms with Crippen LogP contribution in [0.25, 0.3) is 0 Å². The van der Waals surface area contributed by atoms with Crippen LogP contribution in [0.15, 0.2) is 0 Å². The topological polar surface area (TPSA) is 0 Å². The van der Waals surface area contributed by atoms with Crippen molar-refractivity contribution >= 4 is 7.85 Å². The van der Waals surface area contributed by atoms with Gasteiger partial charge in [-0.25, -0.2) is 0 Å². The van der Waals surface area contributed by atoms with Crippen LogP contribution in [0.2, 0.25) is 5.82 Å². The lowest BCUT2D eigenvalue weighted by Crippen LogP contribution is -2.27. The number of hydrogen-bond donors (Lipinski definition) is 0. The van der Waals surface area contributed by atoms with Crippen LogP contribution in [-0.2, 0) is 0 Å². The van der Waals surface area contributed by atoms with Crippen LogP contribution in [0.3, 0.4) is 0 Å². The van der Waals surface area contributed by atoms with Gasteiger partial charge in [0.2, 0.25) is 0 Å². The standard InChI is InChI=1S/C18H37B/c1-7-10-18(5,6)17-12-16(19)11-15(17)9-8-14(4)13(2)3/h13-17H,7-12,19H2,1-6H3. The molecule has 1 aliphatic rings. The molecule has 0 nitrogen and oxygen atoms in total. The van der Waals surface area contributed by atoms with Gasteiger partial charge in [0.1, 0.15) is 7.85 Å². The lowest BCUT2D eigenvalue weighted by molar-refractivity contribution is 0.137. The largest absolute Gasteiger partial charge is 0.105 e. The van der Waals surface area contributed by atoms with Gasteiger partial charge >= 0.3 is 0 Å². The minimum absolute atomic E-state index is 0.561. The molecule has 0 spiro atoms. The van der Waals surface area contributed by atoms with Gasteiger partial charge in [0.05, 0.1) is 0 Å². The minimum Gasteiger partial charge on any atom is -0.0692 e.